The third kappa shape index (κ3) is 5.39. The van der Waals surface area contributed by atoms with E-state index in [0.717, 1.165) is 35.5 Å². The van der Waals surface area contributed by atoms with Gasteiger partial charge in [0, 0.05) is 12.5 Å². The molecule has 144 valence electrons. The molecule has 1 saturated carbocycles. The molecule has 1 aliphatic rings. The molecule has 2 unspecified atom stereocenters. The van der Waals surface area contributed by atoms with Crippen LogP contribution in [0.1, 0.15) is 45.2 Å². The molecular weight excluding hydrogens is 396 g/mol. The van der Waals surface area contributed by atoms with Gasteiger partial charge < -0.3 is 11.1 Å². The fraction of sp³-hybridized carbons (Fsp3) is 0.444. The Kier molecular flexibility index (Phi) is 8.96. The van der Waals surface area contributed by atoms with E-state index in [9.17, 15) is 9.18 Å². The average Bonchev–Trinajstić information content (AvgIpc) is 3.15. The Labute approximate surface area is 169 Å². The Morgan fingerprint density at radius 3 is 2.65 bits per heavy atom. The summed E-state index contributed by atoms with van der Waals surface area (Å²) >= 11 is 1.41. The molecule has 0 bridgehead atoms. The molecule has 1 fully saturated rings. The van der Waals surface area contributed by atoms with Gasteiger partial charge >= 0.3 is 0 Å². The minimum Gasteiger partial charge on any atom is -0.348 e. The normalized spacial score (nSPS) is 18.7. The number of nitrogens with two attached hydrogens (primary N) is 1. The van der Waals surface area contributed by atoms with Crippen LogP contribution < -0.4 is 11.1 Å². The third-order valence-electron chi connectivity index (χ3n) is 4.59. The maximum atomic E-state index is 13.0. The summed E-state index contributed by atoms with van der Waals surface area (Å²) in [6.45, 7) is 2.47. The number of benzene rings is 1. The largest absolute Gasteiger partial charge is 0.348 e. The van der Waals surface area contributed by atoms with Crippen molar-refractivity contribution in [2.45, 2.75) is 38.6 Å². The second-order valence-electron chi connectivity index (χ2n) is 6.33. The Bertz CT molecular complexity index is 724. The van der Waals surface area contributed by atoms with Gasteiger partial charge in [-0.15, -0.1) is 36.2 Å². The number of thiazole rings is 1. The van der Waals surface area contributed by atoms with E-state index in [-0.39, 0.29) is 42.6 Å². The van der Waals surface area contributed by atoms with Gasteiger partial charge in [-0.1, -0.05) is 18.6 Å². The highest BCUT2D eigenvalue weighted by atomic mass is 35.5. The van der Waals surface area contributed by atoms with E-state index >= 15 is 0 Å². The predicted octanol–water partition coefficient (Wildman–Crippen LogP) is 3.88. The topological polar surface area (TPSA) is 68.0 Å². The highest BCUT2D eigenvalue weighted by Gasteiger charge is 2.28. The van der Waals surface area contributed by atoms with E-state index in [1.54, 1.807) is 12.1 Å². The van der Waals surface area contributed by atoms with Crippen LogP contribution in [0.4, 0.5) is 4.39 Å². The van der Waals surface area contributed by atoms with Crippen LogP contribution in [0.2, 0.25) is 0 Å². The predicted molar refractivity (Wildman–Crippen MR) is 108 cm³/mol. The van der Waals surface area contributed by atoms with Crippen molar-refractivity contribution in [3.05, 3.63) is 51.2 Å². The summed E-state index contributed by atoms with van der Waals surface area (Å²) in [7, 11) is 0. The van der Waals surface area contributed by atoms with Crippen molar-refractivity contribution in [2.24, 2.45) is 11.7 Å². The van der Waals surface area contributed by atoms with Crippen LogP contribution in [0, 0.1) is 18.7 Å². The van der Waals surface area contributed by atoms with Gasteiger partial charge in [0.05, 0.1) is 10.7 Å². The highest BCUT2D eigenvalue weighted by molar-refractivity contribution is 7.13. The molecule has 1 aromatic heterocycles. The first-order valence-electron chi connectivity index (χ1n) is 8.28. The van der Waals surface area contributed by atoms with Gasteiger partial charge in [-0.25, -0.2) is 9.37 Å². The van der Waals surface area contributed by atoms with Crippen LogP contribution >= 0.6 is 36.2 Å². The number of carbonyl (C=O) groups is 1. The zero-order chi connectivity index (χ0) is 17.1. The van der Waals surface area contributed by atoms with Crippen LogP contribution in [-0.2, 0) is 6.42 Å². The fourth-order valence-electron chi connectivity index (χ4n) is 3.26. The quantitative estimate of drug-likeness (QED) is 0.772. The molecule has 1 aromatic carbocycles. The first-order valence-corrected chi connectivity index (χ1v) is 9.10. The summed E-state index contributed by atoms with van der Waals surface area (Å²) < 4.78 is 13.0. The zero-order valence-electron chi connectivity index (χ0n) is 14.5. The summed E-state index contributed by atoms with van der Waals surface area (Å²) in [6.07, 6.45) is 3.80. The second kappa shape index (κ2) is 10.2. The number of carbonyl (C=O) groups excluding carboxylic acids is 1. The number of halogens is 3. The Hall–Kier alpha value is -1.21. The molecule has 3 N–H and O–H groups in total. The summed E-state index contributed by atoms with van der Waals surface area (Å²) in [6, 6.07) is 6.55. The lowest BCUT2D eigenvalue weighted by Crippen LogP contribution is -2.39. The van der Waals surface area contributed by atoms with E-state index in [0.29, 0.717) is 23.8 Å². The van der Waals surface area contributed by atoms with Crippen molar-refractivity contribution in [2.75, 3.05) is 6.54 Å². The Morgan fingerprint density at radius 1 is 1.31 bits per heavy atom. The number of hydrogen-bond donors (Lipinski definition) is 2. The van der Waals surface area contributed by atoms with Gasteiger partial charge in [-0.2, -0.15) is 0 Å². The summed E-state index contributed by atoms with van der Waals surface area (Å²) in [5, 5.41) is 3.99. The molecule has 8 heteroatoms. The average molecular weight is 420 g/mol. The zero-order valence-corrected chi connectivity index (χ0v) is 17.0. The maximum Gasteiger partial charge on any atom is 0.263 e. The standard InChI is InChI=1S/C18H22FN3OS.2ClH/c1-11-17(18(23)22-15-4-2-3-13(15)10-20)24-16(21-11)9-12-5-7-14(19)8-6-12;;/h5-8,13,15H,2-4,9-10,20H2,1H3,(H,22,23);2*1H. The van der Waals surface area contributed by atoms with Crippen molar-refractivity contribution >= 4 is 42.1 Å². The second-order valence-corrected chi connectivity index (χ2v) is 7.42. The van der Waals surface area contributed by atoms with Crippen molar-refractivity contribution < 1.29 is 9.18 Å². The molecule has 0 saturated heterocycles. The number of rotatable bonds is 5. The van der Waals surface area contributed by atoms with Gasteiger partial charge in [-0.05, 0) is 49.9 Å². The van der Waals surface area contributed by atoms with Gasteiger partial charge in [0.1, 0.15) is 10.7 Å². The van der Waals surface area contributed by atoms with E-state index < -0.39 is 0 Å². The monoisotopic (exact) mass is 419 g/mol. The fourth-order valence-corrected chi connectivity index (χ4v) is 4.26. The molecule has 1 heterocycles. The van der Waals surface area contributed by atoms with Crippen molar-refractivity contribution in [3.63, 3.8) is 0 Å². The van der Waals surface area contributed by atoms with Gasteiger partial charge in [0.25, 0.3) is 5.91 Å². The molecule has 1 aliphatic carbocycles. The third-order valence-corrected chi connectivity index (χ3v) is 5.75. The molecule has 2 aromatic rings. The molecule has 26 heavy (non-hydrogen) atoms. The van der Waals surface area contributed by atoms with Crippen LogP contribution in [0.5, 0.6) is 0 Å². The first-order chi connectivity index (χ1) is 11.6. The molecule has 0 spiro atoms. The molecule has 0 aliphatic heterocycles. The lowest BCUT2D eigenvalue weighted by molar-refractivity contribution is 0.0932. The minimum absolute atomic E-state index is 0. The number of nitrogens with zero attached hydrogens (tertiary/aromatic N) is 1. The van der Waals surface area contributed by atoms with Crippen molar-refractivity contribution in [1.29, 1.82) is 0 Å². The Balaban J connectivity index is 0.00000169. The minimum atomic E-state index is -0.250. The number of nitrogens with one attached hydrogen (secondary N) is 1. The van der Waals surface area contributed by atoms with Gasteiger partial charge in [0.15, 0.2) is 0 Å². The van der Waals surface area contributed by atoms with Gasteiger partial charge in [0.2, 0.25) is 0 Å². The highest BCUT2D eigenvalue weighted by Crippen LogP contribution is 2.26. The number of amides is 1. The Morgan fingerprint density at radius 2 is 2.00 bits per heavy atom. The summed E-state index contributed by atoms with van der Waals surface area (Å²) in [5.41, 5.74) is 7.51. The number of aryl methyl sites for hydroxylation is 1. The number of hydrogen-bond acceptors (Lipinski definition) is 4. The van der Waals surface area contributed by atoms with Crippen molar-refractivity contribution in [1.82, 2.24) is 10.3 Å². The molecule has 1 amide bonds. The van der Waals surface area contributed by atoms with Crippen LogP contribution in [-0.4, -0.2) is 23.5 Å². The van der Waals surface area contributed by atoms with E-state index in [2.05, 4.69) is 10.3 Å². The molecule has 4 nitrogen and oxygen atoms in total. The molecular formula is C18H24Cl2FN3OS. The van der Waals surface area contributed by atoms with Crippen LogP contribution in [0.15, 0.2) is 24.3 Å². The van der Waals surface area contributed by atoms with Crippen LogP contribution in [0.25, 0.3) is 0 Å². The maximum absolute atomic E-state index is 13.0. The van der Waals surface area contributed by atoms with E-state index in [4.69, 9.17) is 5.73 Å². The van der Waals surface area contributed by atoms with Crippen LogP contribution in [0.3, 0.4) is 0 Å². The number of aromatic nitrogens is 1. The lowest BCUT2D eigenvalue weighted by Gasteiger charge is -2.19. The SMILES string of the molecule is Cc1nc(Cc2ccc(F)cc2)sc1C(=O)NC1CCCC1CN.Cl.Cl. The van der Waals surface area contributed by atoms with Gasteiger partial charge in [-0.3, -0.25) is 4.79 Å². The van der Waals surface area contributed by atoms with E-state index in [1.807, 2.05) is 6.92 Å². The smallest absolute Gasteiger partial charge is 0.263 e. The van der Waals surface area contributed by atoms with Crippen molar-refractivity contribution in [3.8, 4) is 0 Å². The molecule has 3 rings (SSSR count). The summed E-state index contributed by atoms with van der Waals surface area (Å²) in [4.78, 5) is 17.7. The summed E-state index contributed by atoms with van der Waals surface area (Å²) in [5.74, 6) is 0.0710. The van der Waals surface area contributed by atoms with E-state index in [1.165, 1.54) is 23.5 Å². The first kappa shape index (κ1) is 22.8. The lowest BCUT2D eigenvalue weighted by atomic mass is 10.0. The molecule has 0 radical (unpaired) electrons. The molecule has 2 atom stereocenters.